The molecule has 2 nitrogen and oxygen atoms in total. The lowest BCUT2D eigenvalue weighted by Crippen LogP contribution is -2.40. The topological polar surface area (TPSA) is 24.9 Å². The van der Waals surface area contributed by atoms with Gasteiger partial charge < -0.3 is 5.32 Å². The van der Waals surface area contributed by atoms with Gasteiger partial charge in [-0.25, -0.2) is 4.98 Å². The maximum absolute atomic E-state index is 5.84. The van der Waals surface area contributed by atoms with Gasteiger partial charge >= 0.3 is 0 Å². The van der Waals surface area contributed by atoms with Gasteiger partial charge in [0.15, 0.2) is 4.47 Å². The molecule has 96 valence electrons. The second-order valence-electron chi connectivity index (χ2n) is 5.26. The highest BCUT2D eigenvalue weighted by molar-refractivity contribution is 7.15. The summed E-state index contributed by atoms with van der Waals surface area (Å²) >= 11 is 7.42. The van der Waals surface area contributed by atoms with E-state index in [-0.39, 0.29) is 0 Å². The van der Waals surface area contributed by atoms with E-state index in [9.17, 15) is 0 Å². The second kappa shape index (κ2) is 6.17. The van der Waals surface area contributed by atoms with E-state index in [1.165, 1.54) is 30.6 Å². The lowest BCUT2D eigenvalue weighted by atomic mass is 9.78. The SMILES string of the molecule is CC(C)[C@@H]1CCCC[C@@H]1NCc1cnc(Cl)s1. The van der Waals surface area contributed by atoms with Crippen LogP contribution in [0.3, 0.4) is 0 Å². The highest BCUT2D eigenvalue weighted by Gasteiger charge is 2.26. The van der Waals surface area contributed by atoms with Crippen molar-refractivity contribution < 1.29 is 0 Å². The molecule has 0 amide bonds. The summed E-state index contributed by atoms with van der Waals surface area (Å²) < 4.78 is 0.644. The van der Waals surface area contributed by atoms with Crippen LogP contribution in [0.1, 0.15) is 44.4 Å². The number of nitrogens with zero attached hydrogens (tertiary/aromatic N) is 1. The van der Waals surface area contributed by atoms with Crippen LogP contribution >= 0.6 is 22.9 Å². The molecule has 2 atom stereocenters. The third-order valence-electron chi connectivity index (χ3n) is 3.74. The first-order chi connectivity index (χ1) is 8.16. The first kappa shape index (κ1) is 13.3. The molecule has 1 aromatic rings. The number of thiazole rings is 1. The van der Waals surface area contributed by atoms with Gasteiger partial charge in [-0.1, -0.05) is 38.3 Å². The quantitative estimate of drug-likeness (QED) is 0.893. The molecule has 1 aliphatic rings. The zero-order valence-electron chi connectivity index (χ0n) is 10.6. The van der Waals surface area contributed by atoms with Crippen molar-refractivity contribution in [3.63, 3.8) is 0 Å². The molecule has 1 N–H and O–H groups in total. The molecular weight excluding hydrogens is 252 g/mol. The van der Waals surface area contributed by atoms with Gasteiger partial charge in [-0.2, -0.15) is 0 Å². The highest BCUT2D eigenvalue weighted by Crippen LogP contribution is 2.30. The summed E-state index contributed by atoms with van der Waals surface area (Å²) in [5.74, 6) is 1.60. The Morgan fingerprint density at radius 1 is 1.47 bits per heavy atom. The van der Waals surface area contributed by atoms with Crippen molar-refractivity contribution in [3.8, 4) is 0 Å². The van der Waals surface area contributed by atoms with Crippen molar-refractivity contribution in [1.82, 2.24) is 10.3 Å². The first-order valence-electron chi connectivity index (χ1n) is 6.50. The Hall–Kier alpha value is -0.120. The smallest absolute Gasteiger partial charge is 0.183 e. The van der Waals surface area contributed by atoms with Gasteiger partial charge in [0.1, 0.15) is 0 Å². The van der Waals surface area contributed by atoms with Crippen molar-refractivity contribution in [2.45, 2.75) is 52.1 Å². The Bertz CT molecular complexity index is 351. The van der Waals surface area contributed by atoms with Crippen molar-refractivity contribution >= 4 is 22.9 Å². The van der Waals surface area contributed by atoms with Gasteiger partial charge in [0.05, 0.1) is 0 Å². The van der Waals surface area contributed by atoms with Gasteiger partial charge in [-0.15, -0.1) is 11.3 Å². The Morgan fingerprint density at radius 3 is 2.88 bits per heavy atom. The molecule has 0 radical (unpaired) electrons. The summed E-state index contributed by atoms with van der Waals surface area (Å²) in [6, 6.07) is 0.671. The Labute approximate surface area is 113 Å². The Kier molecular flexibility index (Phi) is 4.83. The Morgan fingerprint density at radius 2 is 2.24 bits per heavy atom. The fourth-order valence-corrected chi connectivity index (χ4v) is 3.74. The minimum Gasteiger partial charge on any atom is -0.309 e. The normalized spacial score (nSPS) is 25.4. The number of nitrogens with one attached hydrogen (secondary N) is 1. The van der Waals surface area contributed by atoms with E-state index in [4.69, 9.17) is 11.6 Å². The van der Waals surface area contributed by atoms with Crippen molar-refractivity contribution in [1.29, 1.82) is 0 Å². The van der Waals surface area contributed by atoms with Crippen LogP contribution in [0.4, 0.5) is 0 Å². The molecule has 1 aliphatic carbocycles. The minimum absolute atomic E-state index is 0.644. The molecule has 0 aromatic carbocycles. The van der Waals surface area contributed by atoms with Crippen molar-refractivity contribution in [2.24, 2.45) is 11.8 Å². The monoisotopic (exact) mass is 272 g/mol. The molecule has 0 unspecified atom stereocenters. The zero-order chi connectivity index (χ0) is 12.3. The van der Waals surface area contributed by atoms with Crippen LogP contribution in [-0.4, -0.2) is 11.0 Å². The third kappa shape index (κ3) is 3.67. The molecule has 1 heterocycles. The Balaban J connectivity index is 1.88. The average molecular weight is 273 g/mol. The number of aromatic nitrogens is 1. The maximum atomic E-state index is 5.84. The summed E-state index contributed by atoms with van der Waals surface area (Å²) in [5.41, 5.74) is 0. The van der Waals surface area contributed by atoms with Crippen LogP contribution in [0, 0.1) is 11.8 Å². The third-order valence-corrected chi connectivity index (χ3v) is 4.85. The van der Waals surface area contributed by atoms with E-state index in [0.717, 1.165) is 18.4 Å². The fraction of sp³-hybridized carbons (Fsp3) is 0.769. The second-order valence-corrected chi connectivity index (χ2v) is 6.96. The van der Waals surface area contributed by atoms with Gasteiger partial charge in [0, 0.05) is 23.7 Å². The standard InChI is InChI=1S/C13H21ClN2S/c1-9(2)11-5-3-4-6-12(11)15-7-10-8-16-13(14)17-10/h8-9,11-12,15H,3-7H2,1-2H3/t11-,12-/m0/s1. The van der Waals surface area contributed by atoms with E-state index >= 15 is 0 Å². The summed E-state index contributed by atoms with van der Waals surface area (Å²) in [5, 5.41) is 3.69. The molecular formula is C13H21ClN2S. The molecule has 0 saturated heterocycles. The molecule has 1 saturated carbocycles. The van der Waals surface area contributed by atoms with E-state index < -0.39 is 0 Å². The van der Waals surface area contributed by atoms with E-state index in [0.29, 0.717) is 10.5 Å². The average Bonchev–Trinajstić information content (AvgIpc) is 2.73. The zero-order valence-corrected chi connectivity index (χ0v) is 12.2. The molecule has 0 bridgehead atoms. The van der Waals surface area contributed by atoms with Gasteiger partial charge in [0.25, 0.3) is 0 Å². The van der Waals surface area contributed by atoms with E-state index in [1.54, 1.807) is 11.3 Å². The highest BCUT2D eigenvalue weighted by atomic mass is 35.5. The summed E-state index contributed by atoms with van der Waals surface area (Å²) in [4.78, 5) is 5.32. The number of rotatable bonds is 4. The number of hydrogen-bond acceptors (Lipinski definition) is 3. The van der Waals surface area contributed by atoms with Gasteiger partial charge in [-0.3, -0.25) is 0 Å². The van der Waals surface area contributed by atoms with E-state index in [2.05, 4.69) is 24.1 Å². The maximum Gasteiger partial charge on any atom is 0.183 e. The molecule has 17 heavy (non-hydrogen) atoms. The first-order valence-corrected chi connectivity index (χ1v) is 7.70. The molecule has 1 fully saturated rings. The minimum atomic E-state index is 0.644. The summed E-state index contributed by atoms with van der Waals surface area (Å²) in [7, 11) is 0. The predicted molar refractivity (Wildman–Crippen MR) is 74.5 cm³/mol. The lowest BCUT2D eigenvalue weighted by Gasteiger charge is -2.35. The van der Waals surface area contributed by atoms with E-state index in [1.807, 2.05) is 6.20 Å². The number of hydrogen-bond donors (Lipinski definition) is 1. The molecule has 1 aromatic heterocycles. The molecule has 0 aliphatic heterocycles. The fourth-order valence-electron chi connectivity index (χ4n) is 2.81. The van der Waals surface area contributed by atoms with Gasteiger partial charge in [0.2, 0.25) is 0 Å². The van der Waals surface area contributed by atoms with Crippen LogP contribution < -0.4 is 5.32 Å². The largest absolute Gasteiger partial charge is 0.309 e. The summed E-state index contributed by atoms with van der Waals surface area (Å²) in [6.45, 7) is 5.60. The van der Waals surface area contributed by atoms with Gasteiger partial charge in [-0.05, 0) is 24.7 Å². The predicted octanol–water partition coefficient (Wildman–Crippen LogP) is 4.10. The molecule has 4 heteroatoms. The van der Waals surface area contributed by atoms with Crippen LogP contribution in [0.15, 0.2) is 6.20 Å². The van der Waals surface area contributed by atoms with Crippen LogP contribution in [0.2, 0.25) is 4.47 Å². The summed E-state index contributed by atoms with van der Waals surface area (Å²) in [6.07, 6.45) is 7.33. The molecule has 0 spiro atoms. The molecule has 2 rings (SSSR count). The van der Waals surface area contributed by atoms with Crippen LogP contribution in [0.5, 0.6) is 0 Å². The lowest BCUT2D eigenvalue weighted by molar-refractivity contribution is 0.205. The van der Waals surface area contributed by atoms with Crippen LogP contribution in [0.25, 0.3) is 0 Å². The number of halogens is 1. The van der Waals surface area contributed by atoms with Crippen LogP contribution in [-0.2, 0) is 6.54 Å². The van der Waals surface area contributed by atoms with Crippen molar-refractivity contribution in [3.05, 3.63) is 15.5 Å². The van der Waals surface area contributed by atoms with Crippen molar-refractivity contribution in [2.75, 3.05) is 0 Å².